The van der Waals surface area contributed by atoms with Crippen LogP contribution in [0.15, 0.2) is 17.1 Å². The predicted molar refractivity (Wildman–Crippen MR) is 78.7 cm³/mol. The number of benzene rings is 1. The smallest absolute Gasteiger partial charge is 0.414 e. The van der Waals surface area contributed by atoms with Gasteiger partial charge in [0.15, 0.2) is 11.6 Å². The lowest BCUT2D eigenvalue weighted by molar-refractivity contribution is -0.118. The Morgan fingerprint density at radius 2 is 2.04 bits per heavy atom. The van der Waals surface area contributed by atoms with Crippen LogP contribution in [0.1, 0.15) is 0 Å². The van der Waals surface area contributed by atoms with Gasteiger partial charge in [-0.2, -0.15) is 0 Å². The molecule has 0 bridgehead atoms. The van der Waals surface area contributed by atoms with Crippen LogP contribution in [-0.2, 0) is 9.53 Å². The van der Waals surface area contributed by atoms with Gasteiger partial charge in [0, 0.05) is 12.1 Å². The van der Waals surface area contributed by atoms with Crippen LogP contribution in [0, 0.1) is 11.6 Å². The molecule has 2 aliphatic heterocycles. The molecule has 2 aliphatic rings. The molecule has 0 aromatic heterocycles. The highest BCUT2D eigenvalue weighted by molar-refractivity contribution is 5.90. The van der Waals surface area contributed by atoms with Crippen molar-refractivity contribution in [1.82, 2.24) is 5.32 Å². The van der Waals surface area contributed by atoms with Crippen LogP contribution in [0.25, 0.3) is 0 Å². The third kappa shape index (κ3) is 2.81. The van der Waals surface area contributed by atoms with Gasteiger partial charge in [-0.15, -0.1) is 0 Å². The molecule has 2 amide bonds. The van der Waals surface area contributed by atoms with E-state index in [0.717, 1.165) is 17.0 Å². The maximum absolute atomic E-state index is 14.3. The van der Waals surface area contributed by atoms with Gasteiger partial charge in [-0.3, -0.25) is 14.7 Å². The monoisotopic (exact) mass is 324 g/mol. The Kier molecular flexibility index (Phi) is 3.85. The highest BCUT2D eigenvalue weighted by atomic mass is 19.1. The number of amides is 2. The van der Waals surface area contributed by atoms with Gasteiger partial charge in [-0.05, 0) is 6.72 Å². The lowest BCUT2D eigenvalue weighted by Gasteiger charge is -2.20. The van der Waals surface area contributed by atoms with Crippen LogP contribution in [0.5, 0.6) is 0 Å². The van der Waals surface area contributed by atoms with E-state index in [9.17, 15) is 18.4 Å². The van der Waals surface area contributed by atoms with Crippen LogP contribution in [-0.4, -0.2) is 51.1 Å². The first kappa shape index (κ1) is 15.2. The molecule has 7 nitrogen and oxygen atoms in total. The first-order chi connectivity index (χ1) is 11.0. The second kappa shape index (κ2) is 5.82. The molecular formula is C14H14F2N4O3. The van der Waals surface area contributed by atoms with E-state index in [1.807, 2.05) is 0 Å². The largest absolute Gasteiger partial charge is 0.442 e. The number of rotatable bonds is 4. The van der Waals surface area contributed by atoms with E-state index in [1.54, 1.807) is 0 Å². The zero-order chi connectivity index (χ0) is 16.6. The number of carbonyl (C=O) groups is 2. The average molecular weight is 324 g/mol. The molecular weight excluding hydrogens is 310 g/mol. The van der Waals surface area contributed by atoms with Crippen molar-refractivity contribution < 1.29 is 23.1 Å². The molecule has 3 rings (SSSR count). The van der Waals surface area contributed by atoms with Crippen LogP contribution >= 0.6 is 0 Å². The Morgan fingerprint density at radius 3 is 2.61 bits per heavy atom. The summed E-state index contributed by atoms with van der Waals surface area (Å²) in [6, 6.07) is 2.10. The fraction of sp³-hybridized carbons (Fsp3) is 0.357. The number of cyclic esters (lactones) is 1. The summed E-state index contributed by atoms with van der Waals surface area (Å²) in [7, 11) is 0. The maximum atomic E-state index is 14.3. The Morgan fingerprint density at radius 1 is 1.35 bits per heavy atom. The standard InChI is InChI=1S/C14H14F2N4O3/c1-17-4-9-5-20(14(22)23-9)8-2-10(15)13(11(16)3-8)19-6-12(21)18-7-19/h2-3,9H,1,4-7H2,(H,18,21)/t9-/m0/s1. The normalized spacial score (nSPS) is 20.7. The van der Waals surface area contributed by atoms with Gasteiger partial charge in [-0.25, -0.2) is 13.6 Å². The summed E-state index contributed by atoms with van der Waals surface area (Å²) in [5, 5.41) is 2.47. The van der Waals surface area contributed by atoms with E-state index < -0.39 is 23.8 Å². The van der Waals surface area contributed by atoms with E-state index in [0.29, 0.717) is 0 Å². The highest BCUT2D eigenvalue weighted by Crippen LogP contribution is 2.31. The number of carbonyl (C=O) groups excluding carboxylic acids is 2. The first-order valence-corrected chi connectivity index (χ1v) is 6.91. The van der Waals surface area contributed by atoms with E-state index in [2.05, 4.69) is 17.0 Å². The quantitative estimate of drug-likeness (QED) is 0.835. The first-order valence-electron chi connectivity index (χ1n) is 6.91. The summed E-state index contributed by atoms with van der Waals surface area (Å²) in [6.45, 7) is 3.59. The SMILES string of the molecule is C=NC[C@H]1CN(c2cc(F)c(N3CNC(=O)C3)c(F)c2)C(=O)O1. The molecule has 1 aromatic rings. The van der Waals surface area contributed by atoms with Crippen molar-refractivity contribution in [3.63, 3.8) is 0 Å². The Hall–Kier alpha value is -2.71. The van der Waals surface area contributed by atoms with Crippen molar-refractivity contribution in [2.24, 2.45) is 4.99 Å². The molecule has 0 radical (unpaired) electrons. The molecule has 0 unspecified atom stereocenters. The summed E-state index contributed by atoms with van der Waals surface area (Å²) in [6.07, 6.45) is -1.19. The van der Waals surface area contributed by atoms with Crippen molar-refractivity contribution in [1.29, 1.82) is 0 Å². The van der Waals surface area contributed by atoms with Gasteiger partial charge in [0.1, 0.15) is 11.8 Å². The predicted octanol–water partition coefficient (Wildman–Crippen LogP) is 0.884. The summed E-state index contributed by atoms with van der Waals surface area (Å²) in [5.41, 5.74) is -0.247. The molecule has 2 fully saturated rings. The molecule has 1 atom stereocenters. The van der Waals surface area contributed by atoms with Crippen LogP contribution in [0.4, 0.5) is 25.0 Å². The van der Waals surface area contributed by atoms with E-state index in [4.69, 9.17) is 4.74 Å². The fourth-order valence-electron chi connectivity index (χ4n) is 2.61. The fourth-order valence-corrected chi connectivity index (χ4v) is 2.61. The number of hydrogen-bond donors (Lipinski definition) is 1. The number of halogens is 2. The number of ether oxygens (including phenoxy) is 1. The number of anilines is 2. The number of hydrogen-bond acceptors (Lipinski definition) is 5. The third-order valence-corrected chi connectivity index (χ3v) is 3.64. The minimum atomic E-state index is -0.852. The number of nitrogens with zero attached hydrogens (tertiary/aromatic N) is 3. The minimum absolute atomic E-state index is 0.0326. The molecule has 0 saturated carbocycles. The molecule has 122 valence electrons. The van der Waals surface area contributed by atoms with Crippen molar-refractivity contribution >= 4 is 30.1 Å². The Labute approximate surface area is 130 Å². The van der Waals surface area contributed by atoms with Gasteiger partial charge in [0.2, 0.25) is 5.91 Å². The zero-order valence-electron chi connectivity index (χ0n) is 12.1. The van der Waals surface area contributed by atoms with Gasteiger partial charge >= 0.3 is 6.09 Å². The summed E-state index contributed by atoms with van der Waals surface area (Å²) < 4.78 is 33.6. The Bertz CT molecular complexity index is 659. The van der Waals surface area contributed by atoms with Gasteiger partial charge < -0.3 is 15.0 Å². The molecule has 0 spiro atoms. The van der Waals surface area contributed by atoms with E-state index >= 15 is 0 Å². The van der Waals surface area contributed by atoms with Gasteiger partial charge in [-0.1, -0.05) is 0 Å². The molecule has 1 aromatic carbocycles. The molecule has 0 aliphatic carbocycles. The van der Waals surface area contributed by atoms with Gasteiger partial charge in [0.05, 0.1) is 32.0 Å². The van der Waals surface area contributed by atoms with Gasteiger partial charge in [0.25, 0.3) is 0 Å². The summed E-state index contributed by atoms with van der Waals surface area (Å²) in [5.74, 6) is -2.01. The van der Waals surface area contributed by atoms with Crippen molar-refractivity contribution in [2.45, 2.75) is 6.10 Å². The van der Waals surface area contributed by atoms with Crippen LogP contribution in [0.3, 0.4) is 0 Å². The molecule has 2 saturated heterocycles. The lowest BCUT2D eigenvalue weighted by atomic mass is 10.2. The van der Waals surface area contributed by atoms with Crippen LogP contribution in [0.2, 0.25) is 0 Å². The molecule has 9 heteroatoms. The Balaban J connectivity index is 1.86. The average Bonchev–Trinajstić information content (AvgIpc) is 3.05. The van der Waals surface area contributed by atoms with Crippen molar-refractivity contribution in [2.75, 3.05) is 36.1 Å². The third-order valence-electron chi connectivity index (χ3n) is 3.64. The van der Waals surface area contributed by atoms with Crippen molar-refractivity contribution in [3.05, 3.63) is 23.8 Å². The second-order valence-corrected chi connectivity index (χ2v) is 5.24. The lowest BCUT2D eigenvalue weighted by Crippen LogP contribution is -2.27. The highest BCUT2D eigenvalue weighted by Gasteiger charge is 2.34. The maximum Gasteiger partial charge on any atom is 0.414 e. The molecule has 2 heterocycles. The van der Waals surface area contributed by atoms with Crippen LogP contribution < -0.4 is 15.1 Å². The van der Waals surface area contributed by atoms with E-state index in [1.165, 1.54) is 4.90 Å². The van der Waals surface area contributed by atoms with Crippen molar-refractivity contribution in [3.8, 4) is 0 Å². The summed E-state index contributed by atoms with van der Waals surface area (Å²) >= 11 is 0. The summed E-state index contributed by atoms with van der Waals surface area (Å²) in [4.78, 5) is 29.0. The number of aliphatic imine (C=N–C) groups is 1. The number of nitrogens with one attached hydrogen (secondary N) is 1. The van der Waals surface area contributed by atoms with E-state index in [-0.39, 0.29) is 43.6 Å². The molecule has 1 N–H and O–H groups in total. The topological polar surface area (TPSA) is 74.2 Å². The zero-order valence-corrected chi connectivity index (χ0v) is 12.1. The minimum Gasteiger partial charge on any atom is -0.442 e. The second-order valence-electron chi connectivity index (χ2n) is 5.24. The molecule has 23 heavy (non-hydrogen) atoms.